The van der Waals surface area contributed by atoms with Gasteiger partial charge in [-0.25, -0.2) is 4.79 Å². The van der Waals surface area contributed by atoms with E-state index in [-0.39, 0.29) is 23.4 Å². The number of carbonyl (C=O) groups is 3. The van der Waals surface area contributed by atoms with Gasteiger partial charge >= 0.3 is 17.9 Å². The van der Waals surface area contributed by atoms with Crippen LogP contribution in [0.5, 0.6) is 0 Å². The van der Waals surface area contributed by atoms with E-state index >= 15 is 0 Å². The fourth-order valence-corrected chi connectivity index (χ4v) is 3.74. The summed E-state index contributed by atoms with van der Waals surface area (Å²) < 4.78 is 15.7. The molecule has 24 heavy (non-hydrogen) atoms. The maximum atomic E-state index is 12.2. The highest BCUT2D eigenvalue weighted by molar-refractivity contribution is 5.80. The van der Waals surface area contributed by atoms with E-state index in [0.717, 1.165) is 0 Å². The molecule has 2 rings (SSSR count). The smallest absolute Gasteiger partial charge is 0.344 e. The Bertz CT molecular complexity index is 516. The third-order valence-corrected chi connectivity index (χ3v) is 4.46. The van der Waals surface area contributed by atoms with Crippen LogP contribution in [0.4, 0.5) is 0 Å². The van der Waals surface area contributed by atoms with Gasteiger partial charge in [0.15, 0.2) is 6.61 Å². The lowest BCUT2D eigenvalue weighted by molar-refractivity contribution is -0.172. The van der Waals surface area contributed by atoms with E-state index < -0.39 is 30.1 Å². The van der Waals surface area contributed by atoms with Gasteiger partial charge in [0.1, 0.15) is 12.2 Å². The average Bonchev–Trinajstić information content (AvgIpc) is 2.73. The first-order chi connectivity index (χ1) is 11.0. The van der Waals surface area contributed by atoms with Crippen LogP contribution in [0.25, 0.3) is 0 Å². The summed E-state index contributed by atoms with van der Waals surface area (Å²) in [6.07, 6.45) is 1.75. The van der Waals surface area contributed by atoms with Crippen molar-refractivity contribution < 1.29 is 28.6 Å². The maximum absolute atomic E-state index is 12.2. The Balaban J connectivity index is 1.79. The minimum absolute atomic E-state index is 0.0198. The van der Waals surface area contributed by atoms with Gasteiger partial charge in [-0.1, -0.05) is 20.8 Å². The Morgan fingerprint density at radius 3 is 2.46 bits per heavy atom. The first-order valence-electron chi connectivity index (χ1n) is 8.55. The van der Waals surface area contributed by atoms with Gasteiger partial charge < -0.3 is 14.2 Å². The molecule has 0 N–H and O–H groups in total. The largest absolute Gasteiger partial charge is 0.458 e. The van der Waals surface area contributed by atoms with Gasteiger partial charge in [0.05, 0.1) is 11.3 Å². The number of ether oxygens (including phenoxy) is 3. The summed E-state index contributed by atoms with van der Waals surface area (Å²) in [6, 6.07) is 0. The number of hydrogen-bond donors (Lipinski definition) is 0. The van der Waals surface area contributed by atoms with Crippen molar-refractivity contribution in [1.29, 1.82) is 0 Å². The summed E-state index contributed by atoms with van der Waals surface area (Å²) in [5.41, 5.74) is -0.689. The Morgan fingerprint density at radius 2 is 1.83 bits per heavy atom. The molecule has 0 aromatic rings. The van der Waals surface area contributed by atoms with Gasteiger partial charge in [0.2, 0.25) is 0 Å². The van der Waals surface area contributed by atoms with Crippen molar-refractivity contribution >= 4 is 17.9 Å². The van der Waals surface area contributed by atoms with Crippen molar-refractivity contribution in [3.8, 4) is 0 Å². The number of esters is 3. The molecule has 0 radical (unpaired) electrons. The number of hydrogen-bond acceptors (Lipinski definition) is 6. The van der Waals surface area contributed by atoms with Crippen LogP contribution in [-0.2, 0) is 28.6 Å². The topological polar surface area (TPSA) is 78.9 Å². The quantitative estimate of drug-likeness (QED) is 0.565. The minimum atomic E-state index is -0.669. The molecule has 6 heteroatoms. The molecular weight excluding hydrogens is 312 g/mol. The van der Waals surface area contributed by atoms with Crippen molar-refractivity contribution in [3.63, 3.8) is 0 Å². The lowest BCUT2D eigenvalue weighted by Gasteiger charge is -2.30. The van der Waals surface area contributed by atoms with Crippen LogP contribution in [-0.4, -0.2) is 36.7 Å². The highest BCUT2D eigenvalue weighted by Crippen LogP contribution is 2.36. The molecule has 2 aliphatic rings. The van der Waals surface area contributed by atoms with E-state index in [1.165, 1.54) is 0 Å². The molecule has 0 amide bonds. The highest BCUT2D eigenvalue weighted by Gasteiger charge is 2.45. The molecule has 0 aromatic heterocycles. The first-order valence-corrected chi connectivity index (χ1v) is 8.55. The molecule has 1 aliphatic heterocycles. The van der Waals surface area contributed by atoms with E-state index in [0.29, 0.717) is 25.7 Å². The Kier molecular flexibility index (Phi) is 5.25. The lowest BCUT2D eigenvalue weighted by atomic mass is 9.76. The number of rotatable bonds is 5. The van der Waals surface area contributed by atoms with Crippen LogP contribution >= 0.6 is 0 Å². The molecular formula is C18H28O6. The molecule has 0 aromatic carbocycles. The van der Waals surface area contributed by atoms with Crippen molar-refractivity contribution in [3.05, 3.63) is 0 Å². The van der Waals surface area contributed by atoms with Crippen LogP contribution in [0.3, 0.4) is 0 Å². The molecule has 2 bridgehead atoms. The second-order valence-electron chi connectivity index (χ2n) is 8.71. The second kappa shape index (κ2) is 6.73. The zero-order valence-electron chi connectivity index (χ0n) is 15.2. The third kappa shape index (κ3) is 4.71. The second-order valence-corrected chi connectivity index (χ2v) is 8.71. The molecule has 1 saturated carbocycles. The van der Waals surface area contributed by atoms with E-state index in [9.17, 15) is 14.4 Å². The third-order valence-electron chi connectivity index (χ3n) is 4.46. The highest BCUT2D eigenvalue weighted by atomic mass is 16.6. The number of carbonyl (C=O) groups excluding carboxylic acids is 3. The molecule has 136 valence electrons. The first kappa shape index (κ1) is 18.7. The van der Waals surface area contributed by atoms with Gasteiger partial charge in [-0.2, -0.15) is 0 Å². The summed E-state index contributed by atoms with van der Waals surface area (Å²) in [5.74, 6) is -1.26. The molecule has 1 heterocycles. The van der Waals surface area contributed by atoms with Crippen LogP contribution in [0.2, 0.25) is 0 Å². The van der Waals surface area contributed by atoms with Gasteiger partial charge in [-0.15, -0.1) is 0 Å². The average molecular weight is 340 g/mol. The van der Waals surface area contributed by atoms with Gasteiger partial charge in [-0.05, 0) is 38.5 Å². The number of fused-ring (bicyclic) bond motifs is 2. The van der Waals surface area contributed by atoms with E-state index in [2.05, 4.69) is 20.8 Å². The SMILES string of the molecule is CC(C)(C)CC(C)(C)C(=O)OCC(=O)OC1CCC2CC1OC2=O. The van der Waals surface area contributed by atoms with E-state index in [1.54, 1.807) is 0 Å². The van der Waals surface area contributed by atoms with Crippen LogP contribution in [0.1, 0.15) is 60.3 Å². The zero-order valence-corrected chi connectivity index (χ0v) is 15.2. The Hall–Kier alpha value is -1.59. The summed E-state index contributed by atoms with van der Waals surface area (Å²) >= 11 is 0. The van der Waals surface area contributed by atoms with Crippen LogP contribution < -0.4 is 0 Å². The summed E-state index contributed by atoms with van der Waals surface area (Å²) in [7, 11) is 0. The molecule has 1 saturated heterocycles. The zero-order chi connectivity index (χ0) is 18.1. The minimum Gasteiger partial charge on any atom is -0.458 e. The van der Waals surface area contributed by atoms with E-state index in [1.807, 2.05) is 13.8 Å². The monoisotopic (exact) mass is 340 g/mol. The predicted molar refractivity (Wildman–Crippen MR) is 85.9 cm³/mol. The van der Waals surface area contributed by atoms with Crippen molar-refractivity contribution in [2.45, 2.75) is 72.5 Å². The fourth-order valence-electron chi connectivity index (χ4n) is 3.74. The van der Waals surface area contributed by atoms with Gasteiger partial charge in [-0.3, -0.25) is 9.59 Å². The van der Waals surface area contributed by atoms with Crippen molar-refractivity contribution in [1.82, 2.24) is 0 Å². The van der Waals surface area contributed by atoms with Gasteiger partial charge in [0.25, 0.3) is 0 Å². The standard InChI is InChI=1S/C18H28O6/c1-17(2,3)10-18(4,5)16(21)22-9-14(19)23-12-7-6-11-8-13(12)24-15(11)20/h11-13H,6-10H2,1-5H3. The van der Waals surface area contributed by atoms with E-state index in [4.69, 9.17) is 14.2 Å². The summed E-state index contributed by atoms with van der Waals surface area (Å²) in [5, 5.41) is 0. The molecule has 6 nitrogen and oxygen atoms in total. The van der Waals surface area contributed by atoms with Crippen LogP contribution in [0, 0.1) is 16.7 Å². The lowest BCUT2D eigenvalue weighted by Crippen LogP contribution is -2.36. The van der Waals surface area contributed by atoms with Crippen LogP contribution in [0.15, 0.2) is 0 Å². The normalized spacial score (nSPS) is 26.7. The maximum Gasteiger partial charge on any atom is 0.344 e. The molecule has 0 spiro atoms. The molecule has 3 unspecified atom stereocenters. The molecule has 3 atom stereocenters. The Morgan fingerprint density at radius 1 is 1.17 bits per heavy atom. The van der Waals surface area contributed by atoms with Crippen molar-refractivity contribution in [2.75, 3.05) is 6.61 Å². The predicted octanol–water partition coefficient (Wildman–Crippen LogP) is 2.63. The summed E-state index contributed by atoms with van der Waals surface area (Å²) in [4.78, 5) is 35.6. The molecule has 1 aliphatic carbocycles. The van der Waals surface area contributed by atoms with Crippen molar-refractivity contribution in [2.24, 2.45) is 16.7 Å². The fraction of sp³-hybridized carbons (Fsp3) is 0.833. The summed E-state index contributed by atoms with van der Waals surface area (Å²) in [6.45, 7) is 9.37. The van der Waals surface area contributed by atoms with Gasteiger partial charge in [0, 0.05) is 6.42 Å². The Labute approximate surface area is 143 Å². The molecule has 2 fully saturated rings.